The lowest BCUT2D eigenvalue weighted by molar-refractivity contribution is 0.0932. The first kappa shape index (κ1) is 16.8. The Morgan fingerprint density at radius 1 is 1.14 bits per heavy atom. The number of hydrogen-bond acceptors (Lipinski definition) is 2. The van der Waals surface area contributed by atoms with Gasteiger partial charge in [0.25, 0.3) is 5.91 Å². The van der Waals surface area contributed by atoms with Crippen molar-refractivity contribution in [2.75, 3.05) is 6.61 Å². The first-order valence-electron chi connectivity index (χ1n) is 7.03. The first-order valence-corrected chi connectivity index (χ1v) is 7.79. The summed E-state index contributed by atoms with van der Waals surface area (Å²) in [6, 6.07) is 14.3. The topological polar surface area (TPSA) is 49.3 Å². The maximum Gasteiger partial charge on any atom is 0.253 e. The Bertz CT molecular complexity index is 632. The number of halogens is 2. The van der Waals surface area contributed by atoms with E-state index in [-0.39, 0.29) is 18.6 Å². The number of carbonyl (C=O) groups excluding carboxylic acids is 1. The van der Waals surface area contributed by atoms with Crippen LogP contribution in [-0.2, 0) is 0 Å². The van der Waals surface area contributed by atoms with Crippen LogP contribution in [0.4, 0.5) is 0 Å². The van der Waals surface area contributed by atoms with E-state index in [9.17, 15) is 4.79 Å². The van der Waals surface area contributed by atoms with Crippen LogP contribution >= 0.6 is 23.2 Å². The average molecular weight is 338 g/mol. The van der Waals surface area contributed by atoms with E-state index >= 15 is 0 Å². The molecule has 5 heteroatoms. The van der Waals surface area contributed by atoms with E-state index in [0.29, 0.717) is 28.5 Å². The molecule has 2 aromatic carbocycles. The molecule has 0 bridgehead atoms. The minimum absolute atomic E-state index is 0.0805. The van der Waals surface area contributed by atoms with Crippen molar-refractivity contribution in [1.29, 1.82) is 0 Å². The third-order valence-electron chi connectivity index (χ3n) is 3.33. The van der Waals surface area contributed by atoms with Crippen molar-refractivity contribution in [2.45, 2.75) is 18.9 Å². The van der Waals surface area contributed by atoms with Crippen LogP contribution < -0.4 is 5.32 Å². The van der Waals surface area contributed by atoms with E-state index < -0.39 is 0 Å². The lowest BCUT2D eigenvalue weighted by Gasteiger charge is -2.19. The van der Waals surface area contributed by atoms with Gasteiger partial charge in [-0.1, -0.05) is 53.5 Å². The van der Waals surface area contributed by atoms with Gasteiger partial charge in [0, 0.05) is 11.6 Å². The van der Waals surface area contributed by atoms with Gasteiger partial charge in [-0.05, 0) is 36.6 Å². The molecule has 0 aliphatic rings. The fraction of sp³-hybridized carbons (Fsp3) is 0.235. The van der Waals surface area contributed by atoms with Crippen molar-refractivity contribution in [3.05, 3.63) is 69.7 Å². The molecule has 0 saturated heterocycles. The molecule has 116 valence electrons. The highest BCUT2D eigenvalue weighted by atomic mass is 35.5. The maximum atomic E-state index is 12.4. The highest BCUT2D eigenvalue weighted by Gasteiger charge is 2.17. The molecule has 3 nitrogen and oxygen atoms in total. The molecular formula is C17H17Cl2NO2. The second-order valence-corrected chi connectivity index (χ2v) is 5.77. The second-order valence-electron chi connectivity index (χ2n) is 4.93. The molecule has 0 spiro atoms. The van der Waals surface area contributed by atoms with Gasteiger partial charge in [-0.3, -0.25) is 4.79 Å². The quantitative estimate of drug-likeness (QED) is 0.828. The van der Waals surface area contributed by atoms with Gasteiger partial charge in [0.15, 0.2) is 0 Å². The van der Waals surface area contributed by atoms with Crippen molar-refractivity contribution in [3.63, 3.8) is 0 Å². The van der Waals surface area contributed by atoms with Gasteiger partial charge in [-0.2, -0.15) is 0 Å². The molecule has 0 aromatic heterocycles. The van der Waals surface area contributed by atoms with Crippen molar-refractivity contribution in [1.82, 2.24) is 5.32 Å². The molecule has 1 atom stereocenters. The van der Waals surface area contributed by atoms with Gasteiger partial charge in [0.2, 0.25) is 0 Å². The predicted molar refractivity (Wildman–Crippen MR) is 89.4 cm³/mol. The third-order valence-corrected chi connectivity index (χ3v) is 3.90. The number of benzene rings is 2. The van der Waals surface area contributed by atoms with Crippen molar-refractivity contribution in [3.8, 4) is 0 Å². The highest BCUT2D eigenvalue weighted by molar-refractivity contribution is 6.35. The molecule has 0 aliphatic carbocycles. The molecule has 0 heterocycles. The lowest BCUT2D eigenvalue weighted by atomic mass is 10.0. The summed E-state index contributed by atoms with van der Waals surface area (Å²) in [4.78, 5) is 12.4. The van der Waals surface area contributed by atoms with Crippen LogP contribution in [0.2, 0.25) is 10.0 Å². The smallest absolute Gasteiger partial charge is 0.253 e. The Morgan fingerprint density at radius 3 is 2.55 bits per heavy atom. The number of amides is 1. The summed E-state index contributed by atoms with van der Waals surface area (Å²) >= 11 is 12.0. The van der Waals surface area contributed by atoms with Crippen LogP contribution in [0.15, 0.2) is 48.5 Å². The van der Waals surface area contributed by atoms with Crippen molar-refractivity contribution < 1.29 is 9.90 Å². The number of aliphatic hydroxyl groups is 1. The summed E-state index contributed by atoms with van der Waals surface area (Å²) in [5.41, 5.74) is 1.33. The molecule has 0 saturated carbocycles. The summed E-state index contributed by atoms with van der Waals surface area (Å²) in [6.45, 7) is 0.0805. The second kappa shape index (κ2) is 8.18. The number of aliphatic hydroxyl groups excluding tert-OH is 1. The summed E-state index contributed by atoms with van der Waals surface area (Å²) in [7, 11) is 0. The van der Waals surface area contributed by atoms with E-state index in [0.717, 1.165) is 5.56 Å². The summed E-state index contributed by atoms with van der Waals surface area (Å²) < 4.78 is 0. The van der Waals surface area contributed by atoms with Crippen LogP contribution in [0.1, 0.15) is 34.8 Å². The normalized spacial score (nSPS) is 12.0. The standard InChI is InChI=1S/C17H17Cl2NO2/c18-13-8-9-15(19)14(11-13)17(22)20-16(7-4-10-21)12-5-2-1-3-6-12/h1-3,5-6,8-9,11,16,21H,4,7,10H2,(H,20,22). The molecule has 22 heavy (non-hydrogen) atoms. The van der Waals surface area contributed by atoms with E-state index in [4.69, 9.17) is 28.3 Å². The van der Waals surface area contributed by atoms with Gasteiger partial charge in [0.05, 0.1) is 16.6 Å². The number of carbonyl (C=O) groups is 1. The van der Waals surface area contributed by atoms with Crippen molar-refractivity contribution >= 4 is 29.1 Å². The summed E-state index contributed by atoms with van der Waals surface area (Å²) in [6.07, 6.45) is 1.24. The summed E-state index contributed by atoms with van der Waals surface area (Å²) in [5, 5.41) is 12.8. The molecule has 2 N–H and O–H groups in total. The Hall–Kier alpha value is -1.55. The maximum absolute atomic E-state index is 12.4. The Labute approximate surface area is 139 Å². The Kier molecular flexibility index (Phi) is 6.25. The third kappa shape index (κ3) is 4.47. The summed E-state index contributed by atoms with van der Waals surface area (Å²) in [5.74, 6) is -0.278. The zero-order valence-corrected chi connectivity index (χ0v) is 13.4. The molecule has 1 unspecified atom stereocenters. The Morgan fingerprint density at radius 2 is 1.86 bits per heavy atom. The van der Waals surface area contributed by atoms with Gasteiger partial charge < -0.3 is 10.4 Å². The minimum Gasteiger partial charge on any atom is -0.396 e. The lowest BCUT2D eigenvalue weighted by Crippen LogP contribution is -2.29. The molecule has 2 rings (SSSR count). The highest BCUT2D eigenvalue weighted by Crippen LogP contribution is 2.23. The van der Waals surface area contributed by atoms with Crippen LogP contribution in [0, 0.1) is 0 Å². The van der Waals surface area contributed by atoms with Crippen molar-refractivity contribution in [2.24, 2.45) is 0 Å². The Balaban J connectivity index is 2.19. The van der Waals surface area contributed by atoms with Crippen LogP contribution in [0.3, 0.4) is 0 Å². The van der Waals surface area contributed by atoms with Crippen LogP contribution in [0.5, 0.6) is 0 Å². The number of nitrogens with one attached hydrogen (secondary N) is 1. The first-order chi connectivity index (χ1) is 10.6. The molecule has 1 amide bonds. The number of rotatable bonds is 6. The van der Waals surface area contributed by atoms with E-state index in [1.165, 1.54) is 0 Å². The van der Waals surface area contributed by atoms with Gasteiger partial charge in [-0.25, -0.2) is 0 Å². The molecule has 2 aromatic rings. The zero-order valence-electron chi connectivity index (χ0n) is 11.9. The van der Waals surface area contributed by atoms with Gasteiger partial charge in [0.1, 0.15) is 0 Å². The average Bonchev–Trinajstić information content (AvgIpc) is 2.54. The molecule has 0 radical (unpaired) electrons. The van der Waals surface area contributed by atoms with E-state index in [1.807, 2.05) is 30.3 Å². The van der Waals surface area contributed by atoms with Gasteiger partial charge in [-0.15, -0.1) is 0 Å². The van der Waals surface area contributed by atoms with Gasteiger partial charge >= 0.3 is 0 Å². The van der Waals surface area contributed by atoms with E-state index in [2.05, 4.69) is 5.32 Å². The SMILES string of the molecule is O=C(NC(CCCO)c1ccccc1)c1cc(Cl)ccc1Cl. The fourth-order valence-corrected chi connectivity index (χ4v) is 2.59. The number of hydrogen-bond donors (Lipinski definition) is 2. The fourth-order valence-electron chi connectivity index (χ4n) is 2.21. The largest absolute Gasteiger partial charge is 0.396 e. The minimum atomic E-state index is -0.278. The monoisotopic (exact) mass is 337 g/mol. The van der Waals surface area contributed by atoms with Crippen LogP contribution in [-0.4, -0.2) is 17.6 Å². The molecule has 0 fully saturated rings. The predicted octanol–water partition coefficient (Wildman–Crippen LogP) is 4.24. The zero-order chi connectivity index (χ0) is 15.9. The molecular weight excluding hydrogens is 321 g/mol. The van der Waals surface area contributed by atoms with Crippen LogP contribution in [0.25, 0.3) is 0 Å². The molecule has 0 aliphatic heterocycles. The van der Waals surface area contributed by atoms with E-state index in [1.54, 1.807) is 18.2 Å².